The van der Waals surface area contributed by atoms with Gasteiger partial charge in [-0.2, -0.15) is 0 Å². The summed E-state index contributed by atoms with van der Waals surface area (Å²) in [4.78, 5) is 0. The van der Waals surface area contributed by atoms with E-state index < -0.39 is 0 Å². The van der Waals surface area contributed by atoms with E-state index in [0.717, 1.165) is 31.9 Å². The maximum atomic E-state index is 5.29. The molecule has 0 bridgehead atoms. The van der Waals surface area contributed by atoms with Crippen LogP contribution < -0.4 is 15.4 Å². The number of rotatable bonds is 7. The van der Waals surface area contributed by atoms with Gasteiger partial charge in [-0.25, -0.2) is 0 Å². The largest absolute Gasteiger partial charge is 0.496 e. The van der Waals surface area contributed by atoms with Gasteiger partial charge in [-0.1, -0.05) is 19.1 Å². The Morgan fingerprint density at radius 2 is 1.94 bits per heavy atom. The molecule has 0 atom stereocenters. The molecule has 3 nitrogen and oxygen atoms in total. The van der Waals surface area contributed by atoms with Crippen molar-refractivity contribution in [3.8, 4) is 5.75 Å². The maximum Gasteiger partial charge on any atom is 0.122 e. The average Bonchev–Trinajstić information content (AvgIpc) is 2.31. The first-order valence-electron chi connectivity index (χ1n) is 5.83. The van der Waals surface area contributed by atoms with Gasteiger partial charge in [-0.3, -0.25) is 0 Å². The minimum Gasteiger partial charge on any atom is -0.496 e. The molecule has 0 heterocycles. The number of methoxy groups -OCH3 is 1. The fraction of sp³-hybridized carbons (Fsp3) is 0.538. The molecule has 1 aromatic rings. The first-order chi connectivity index (χ1) is 7.77. The van der Waals surface area contributed by atoms with E-state index in [1.807, 2.05) is 0 Å². The molecule has 0 saturated heterocycles. The Balaban J connectivity index is 2.36. The van der Waals surface area contributed by atoms with Crippen molar-refractivity contribution in [3.05, 3.63) is 29.3 Å². The highest BCUT2D eigenvalue weighted by Gasteiger charge is 1.99. The van der Waals surface area contributed by atoms with Crippen LogP contribution >= 0.6 is 0 Å². The molecule has 0 fully saturated rings. The van der Waals surface area contributed by atoms with Gasteiger partial charge in [0.15, 0.2) is 0 Å². The summed E-state index contributed by atoms with van der Waals surface area (Å²) in [6.45, 7) is 8.09. The van der Waals surface area contributed by atoms with E-state index in [-0.39, 0.29) is 0 Å². The van der Waals surface area contributed by atoms with Crippen LogP contribution in [0.15, 0.2) is 18.2 Å². The molecule has 0 amide bonds. The monoisotopic (exact) mass is 222 g/mol. The summed E-state index contributed by atoms with van der Waals surface area (Å²) in [6, 6.07) is 6.33. The molecule has 0 radical (unpaired) electrons. The number of hydrogen-bond acceptors (Lipinski definition) is 3. The maximum absolute atomic E-state index is 5.29. The van der Waals surface area contributed by atoms with Crippen LogP contribution in [-0.2, 0) is 6.54 Å². The van der Waals surface area contributed by atoms with Gasteiger partial charge < -0.3 is 15.4 Å². The van der Waals surface area contributed by atoms with Crippen LogP contribution in [0.25, 0.3) is 0 Å². The number of hydrogen-bond donors (Lipinski definition) is 2. The van der Waals surface area contributed by atoms with Crippen molar-refractivity contribution in [3.63, 3.8) is 0 Å². The van der Waals surface area contributed by atoms with Gasteiger partial charge in [0.05, 0.1) is 7.11 Å². The second kappa shape index (κ2) is 7.25. The van der Waals surface area contributed by atoms with E-state index in [1.54, 1.807) is 7.11 Å². The minimum atomic E-state index is 0.891. The Kier molecular flexibility index (Phi) is 5.90. The summed E-state index contributed by atoms with van der Waals surface area (Å²) in [5.74, 6) is 0.964. The summed E-state index contributed by atoms with van der Waals surface area (Å²) in [6.07, 6.45) is 0. The highest BCUT2D eigenvalue weighted by molar-refractivity contribution is 5.36. The van der Waals surface area contributed by atoms with Crippen LogP contribution in [-0.4, -0.2) is 26.7 Å². The zero-order valence-electron chi connectivity index (χ0n) is 10.5. The molecule has 1 rings (SSSR count). The standard InChI is InChI=1S/C13H22N2O/c1-4-14-7-8-15-10-12-6-5-11(2)13(9-12)16-3/h5-6,9,14-15H,4,7-8,10H2,1-3H3. The van der Waals surface area contributed by atoms with E-state index >= 15 is 0 Å². The molecule has 1 aromatic carbocycles. The Bertz CT molecular complexity index is 313. The molecule has 3 heteroatoms. The predicted octanol–water partition coefficient (Wildman–Crippen LogP) is 1.70. The number of nitrogens with one attached hydrogen (secondary N) is 2. The van der Waals surface area contributed by atoms with E-state index in [9.17, 15) is 0 Å². The third-order valence-corrected chi connectivity index (χ3v) is 2.53. The van der Waals surface area contributed by atoms with Crippen LogP contribution in [0.2, 0.25) is 0 Å². The zero-order chi connectivity index (χ0) is 11.8. The van der Waals surface area contributed by atoms with Crippen molar-refractivity contribution < 1.29 is 4.74 Å². The summed E-state index contributed by atoms with van der Waals surface area (Å²) in [5.41, 5.74) is 2.44. The summed E-state index contributed by atoms with van der Waals surface area (Å²) in [7, 11) is 1.71. The number of benzene rings is 1. The Morgan fingerprint density at radius 3 is 2.62 bits per heavy atom. The molecule has 16 heavy (non-hydrogen) atoms. The quantitative estimate of drug-likeness (QED) is 0.689. The van der Waals surface area contributed by atoms with E-state index in [2.05, 4.69) is 42.7 Å². The average molecular weight is 222 g/mol. The van der Waals surface area contributed by atoms with Gasteiger partial charge in [0.1, 0.15) is 5.75 Å². The predicted molar refractivity (Wildman–Crippen MR) is 68.0 cm³/mol. The molecule has 90 valence electrons. The van der Waals surface area contributed by atoms with Crippen molar-refractivity contribution in [2.24, 2.45) is 0 Å². The van der Waals surface area contributed by atoms with Crippen LogP contribution in [0.5, 0.6) is 5.75 Å². The Labute approximate surface area is 98.2 Å². The summed E-state index contributed by atoms with van der Waals surface area (Å²) >= 11 is 0. The van der Waals surface area contributed by atoms with Crippen molar-refractivity contribution in [1.82, 2.24) is 10.6 Å². The van der Waals surface area contributed by atoms with Crippen molar-refractivity contribution >= 4 is 0 Å². The molecule has 0 saturated carbocycles. The molecule has 0 aliphatic rings. The van der Waals surface area contributed by atoms with Gasteiger partial charge in [-0.05, 0) is 30.7 Å². The summed E-state index contributed by atoms with van der Waals surface area (Å²) in [5, 5.41) is 6.67. The summed E-state index contributed by atoms with van der Waals surface area (Å²) < 4.78 is 5.29. The van der Waals surface area contributed by atoms with Crippen molar-refractivity contribution in [2.45, 2.75) is 20.4 Å². The number of aryl methyl sites for hydroxylation is 1. The molecular formula is C13H22N2O. The second-order valence-corrected chi connectivity index (χ2v) is 3.83. The molecular weight excluding hydrogens is 200 g/mol. The lowest BCUT2D eigenvalue weighted by Crippen LogP contribution is -2.26. The third-order valence-electron chi connectivity index (χ3n) is 2.53. The molecule has 0 aromatic heterocycles. The first kappa shape index (κ1) is 13.0. The number of likely N-dealkylation sites (N-methyl/N-ethyl adjacent to an activating group) is 1. The molecule has 0 aliphatic heterocycles. The lowest BCUT2D eigenvalue weighted by atomic mass is 10.1. The van der Waals surface area contributed by atoms with E-state index in [4.69, 9.17) is 4.74 Å². The van der Waals surface area contributed by atoms with Gasteiger partial charge in [0.25, 0.3) is 0 Å². The SMILES string of the molecule is CCNCCNCc1ccc(C)c(OC)c1. The van der Waals surface area contributed by atoms with E-state index in [0.29, 0.717) is 0 Å². The fourth-order valence-electron chi connectivity index (χ4n) is 1.56. The molecule has 0 unspecified atom stereocenters. The molecule has 0 spiro atoms. The Morgan fingerprint density at radius 1 is 1.19 bits per heavy atom. The minimum absolute atomic E-state index is 0.891. The molecule has 2 N–H and O–H groups in total. The third kappa shape index (κ3) is 4.21. The lowest BCUT2D eigenvalue weighted by molar-refractivity contribution is 0.411. The Hall–Kier alpha value is -1.06. The zero-order valence-corrected chi connectivity index (χ0v) is 10.5. The smallest absolute Gasteiger partial charge is 0.122 e. The normalized spacial score (nSPS) is 10.4. The highest BCUT2D eigenvalue weighted by atomic mass is 16.5. The van der Waals surface area contributed by atoms with Gasteiger partial charge in [0.2, 0.25) is 0 Å². The highest BCUT2D eigenvalue weighted by Crippen LogP contribution is 2.18. The van der Waals surface area contributed by atoms with Crippen LogP contribution in [0, 0.1) is 6.92 Å². The first-order valence-corrected chi connectivity index (χ1v) is 5.83. The number of ether oxygens (including phenoxy) is 1. The van der Waals surface area contributed by atoms with Gasteiger partial charge in [-0.15, -0.1) is 0 Å². The van der Waals surface area contributed by atoms with Crippen LogP contribution in [0.1, 0.15) is 18.1 Å². The lowest BCUT2D eigenvalue weighted by Gasteiger charge is -2.09. The van der Waals surface area contributed by atoms with Gasteiger partial charge in [0, 0.05) is 19.6 Å². The van der Waals surface area contributed by atoms with E-state index in [1.165, 1.54) is 11.1 Å². The van der Waals surface area contributed by atoms with Crippen LogP contribution in [0.3, 0.4) is 0 Å². The van der Waals surface area contributed by atoms with Crippen molar-refractivity contribution in [2.75, 3.05) is 26.7 Å². The topological polar surface area (TPSA) is 33.3 Å². The fourth-order valence-corrected chi connectivity index (χ4v) is 1.56. The van der Waals surface area contributed by atoms with Crippen molar-refractivity contribution in [1.29, 1.82) is 0 Å². The molecule has 0 aliphatic carbocycles. The van der Waals surface area contributed by atoms with Gasteiger partial charge >= 0.3 is 0 Å². The second-order valence-electron chi connectivity index (χ2n) is 3.83. The van der Waals surface area contributed by atoms with Crippen LogP contribution in [0.4, 0.5) is 0 Å².